The second-order valence-corrected chi connectivity index (χ2v) is 9.90. The van der Waals surface area contributed by atoms with Gasteiger partial charge in [-0.1, -0.05) is 40.9 Å². The van der Waals surface area contributed by atoms with Crippen molar-refractivity contribution >= 4 is 57.8 Å². The van der Waals surface area contributed by atoms with Crippen molar-refractivity contribution in [2.24, 2.45) is 0 Å². The first-order valence-corrected chi connectivity index (χ1v) is 12.3. The first-order valence-electron chi connectivity index (χ1n) is 10.8. The van der Waals surface area contributed by atoms with Crippen molar-refractivity contribution in [3.63, 3.8) is 0 Å². The van der Waals surface area contributed by atoms with Crippen LogP contribution in [-0.4, -0.2) is 14.7 Å². The Balaban J connectivity index is 1.69. The lowest BCUT2D eigenvalue weighted by Gasteiger charge is -2.28. The number of benzene rings is 2. The Morgan fingerprint density at radius 1 is 0.912 bits per heavy atom. The second-order valence-electron chi connectivity index (χ2n) is 8.23. The van der Waals surface area contributed by atoms with E-state index < -0.39 is 0 Å². The topological polar surface area (TPSA) is 33.1 Å². The molecule has 0 amide bonds. The summed E-state index contributed by atoms with van der Waals surface area (Å²) in [5.41, 5.74) is 6.01. The maximum atomic E-state index is 6.59. The molecule has 5 rings (SSSR count). The molecule has 4 aromatic rings. The van der Waals surface area contributed by atoms with Gasteiger partial charge in [-0.05, 0) is 92.3 Å². The van der Waals surface area contributed by atoms with Gasteiger partial charge in [-0.2, -0.15) is 0 Å². The summed E-state index contributed by atoms with van der Waals surface area (Å²) < 4.78 is 2.16. The lowest BCUT2D eigenvalue weighted by atomic mass is 9.96. The Bertz CT molecular complexity index is 1370. The summed E-state index contributed by atoms with van der Waals surface area (Å²) in [7, 11) is 0. The Hall–Kier alpha value is -2.57. The molecule has 2 aromatic carbocycles. The molecule has 172 valence electrons. The number of nitrogens with zero attached hydrogens (tertiary/aromatic N) is 3. The van der Waals surface area contributed by atoms with Crippen LogP contribution in [-0.2, 0) is 0 Å². The smallest absolute Gasteiger partial charge is 0.174 e. The summed E-state index contributed by atoms with van der Waals surface area (Å²) >= 11 is 24.8. The SMILES string of the molecule is Cc1cc([C@@H]2[C@H](c3ccccn3)NC(=S)N2c2ccc(Cl)cc2)c(C)n1-c1ccc(Cl)cc1Cl. The van der Waals surface area contributed by atoms with E-state index in [1.165, 1.54) is 0 Å². The Kier molecular flexibility index (Phi) is 6.30. The third-order valence-corrected chi connectivity index (χ3v) is 7.25. The quantitative estimate of drug-likeness (QED) is 0.277. The molecule has 0 spiro atoms. The van der Waals surface area contributed by atoms with Gasteiger partial charge < -0.3 is 14.8 Å². The number of halogens is 3. The van der Waals surface area contributed by atoms with Crippen molar-refractivity contribution in [2.45, 2.75) is 25.9 Å². The number of aryl methyl sites for hydroxylation is 1. The van der Waals surface area contributed by atoms with E-state index in [4.69, 9.17) is 47.0 Å². The third-order valence-electron chi connectivity index (χ3n) is 6.14. The zero-order chi connectivity index (χ0) is 24.0. The predicted octanol–water partition coefficient (Wildman–Crippen LogP) is 7.63. The van der Waals surface area contributed by atoms with Gasteiger partial charge in [0.2, 0.25) is 0 Å². The number of pyridine rings is 1. The van der Waals surface area contributed by atoms with Crippen LogP contribution >= 0.6 is 47.0 Å². The van der Waals surface area contributed by atoms with Crippen LogP contribution in [0.15, 0.2) is 72.9 Å². The number of aromatic nitrogens is 2. The number of hydrogen-bond donors (Lipinski definition) is 1. The van der Waals surface area contributed by atoms with E-state index in [-0.39, 0.29) is 12.1 Å². The predicted molar refractivity (Wildman–Crippen MR) is 145 cm³/mol. The maximum Gasteiger partial charge on any atom is 0.174 e. The Morgan fingerprint density at radius 3 is 2.32 bits per heavy atom. The Labute approximate surface area is 219 Å². The van der Waals surface area contributed by atoms with Gasteiger partial charge in [-0.3, -0.25) is 4.98 Å². The molecule has 2 aromatic heterocycles. The van der Waals surface area contributed by atoms with Crippen molar-refractivity contribution in [2.75, 3.05) is 4.90 Å². The number of hydrogen-bond acceptors (Lipinski definition) is 2. The van der Waals surface area contributed by atoms with Gasteiger partial charge in [0.1, 0.15) is 0 Å². The lowest BCUT2D eigenvalue weighted by Crippen LogP contribution is -2.29. The molecule has 1 aliphatic heterocycles. The Morgan fingerprint density at radius 2 is 1.65 bits per heavy atom. The summed E-state index contributed by atoms with van der Waals surface area (Å²) in [5.74, 6) is 0. The van der Waals surface area contributed by atoms with Gasteiger partial charge in [0.05, 0.1) is 28.5 Å². The highest BCUT2D eigenvalue weighted by molar-refractivity contribution is 7.80. The van der Waals surface area contributed by atoms with E-state index in [0.717, 1.165) is 34.0 Å². The molecule has 4 nitrogen and oxygen atoms in total. The minimum absolute atomic E-state index is 0.130. The molecule has 34 heavy (non-hydrogen) atoms. The van der Waals surface area contributed by atoms with Crippen molar-refractivity contribution in [3.05, 3.63) is 111 Å². The van der Waals surface area contributed by atoms with E-state index in [1.54, 1.807) is 12.3 Å². The zero-order valence-electron chi connectivity index (χ0n) is 18.5. The van der Waals surface area contributed by atoms with Crippen LogP contribution in [0.1, 0.15) is 34.7 Å². The molecular weight excluding hydrogens is 507 g/mol. The average Bonchev–Trinajstić information content (AvgIpc) is 3.31. The van der Waals surface area contributed by atoms with Crippen LogP contribution < -0.4 is 10.2 Å². The highest BCUT2D eigenvalue weighted by Gasteiger charge is 2.42. The van der Waals surface area contributed by atoms with Gasteiger partial charge >= 0.3 is 0 Å². The molecule has 2 atom stereocenters. The average molecular weight is 528 g/mol. The molecule has 0 radical (unpaired) electrons. The van der Waals surface area contributed by atoms with Crippen LogP contribution in [0.3, 0.4) is 0 Å². The van der Waals surface area contributed by atoms with Crippen LogP contribution in [0.5, 0.6) is 0 Å². The highest BCUT2D eigenvalue weighted by Crippen LogP contribution is 2.44. The number of nitrogens with one attached hydrogen (secondary N) is 1. The number of thiocarbonyl (C=S) groups is 1. The molecule has 0 saturated carbocycles. The molecule has 0 aliphatic carbocycles. The minimum Gasteiger partial charge on any atom is -0.351 e. The molecule has 8 heteroatoms. The second kappa shape index (κ2) is 9.23. The van der Waals surface area contributed by atoms with E-state index in [2.05, 4.69) is 39.7 Å². The fourth-order valence-electron chi connectivity index (χ4n) is 4.67. The molecular formula is C26H21Cl3N4S. The fraction of sp³-hybridized carbons (Fsp3) is 0.154. The summed E-state index contributed by atoms with van der Waals surface area (Å²) in [6.45, 7) is 4.18. The maximum absolute atomic E-state index is 6.59. The number of rotatable bonds is 4. The molecule has 0 unspecified atom stereocenters. The molecule has 1 saturated heterocycles. The third kappa shape index (κ3) is 4.07. The van der Waals surface area contributed by atoms with Crippen LogP contribution in [0.25, 0.3) is 5.69 Å². The largest absolute Gasteiger partial charge is 0.351 e. The van der Waals surface area contributed by atoms with E-state index in [0.29, 0.717) is 20.2 Å². The summed E-state index contributed by atoms with van der Waals surface area (Å²) in [6.07, 6.45) is 1.80. The zero-order valence-corrected chi connectivity index (χ0v) is 21.6. The van der Waals surface area contributed by atoms with Crippen LogP contribution in [0.2, 0.25) is 15.1 Å². The lowest BCUT2D eigenvalue weighted by molar-refractivity contribution is 0.565. The van der Waals surface area contributed by atoms with E-state index in [1.807, 2.05) is 54.6 Å². The van der Waals surface area contributed by atoms with Crippen molar-refractivity contribution in [1.82, 2.24) is 14.9 Å². The fourth-order valence-corrected chi connectivity index (χ4v) is 5.64. The van der Waals surface area contributed by atoms with Gasteiger partial charge in [0, 0.05) is 33.3 Å². The van der Waals surface area contributed by atoms with Crippen molar-refractivity contribution < 1.29 is 0 Å². The molecule has 1 fully saturated rings. The van der Waals surface area contributed by atoms with Gasteiger partial charge in [0.15, 0.2) is 5.11 Å². The standard InChI is InChI=1S/C26H21Cl3N4S/c1-15-13-20(16(2)32(15)23-11-8-18(28)14-21(23)29)25-24(22-5-3-4-12-30-22)31-26(34)33(25)19-9-6-17(27)7-10-19/h3-14,24-25H,1-2H3,(H,31,34)/t24-,25+/m0/s1. The normalized spacial score (nSPS) is 17.8. The van der Waals surface area contributed by atoms with Crippen LogP contribution in [0.4, 0.5) is 5.69 Å². The van der Waals surface area contributed by atoms with Crippen molar-refractivity contribution in [1.29, 1.82) is 0 Å². The summed E-state index contributed by atoms with van der Waals surface area (Å²) in [6, 6.07) is 21.1. The van der Waals surface area contributed by atoms with Gasteiger partial charge in [-0.25, -0.2) is 0 Å². The minimum atomic E-state index is -0.140. The monoisotopic (exact) mass is 526 g/mol. The summed E-state index contributed by atoms with van der Waals surface area (Å²) in [5, 5.41) is 6.02. The first kappa shape index (κ1) is 23.2. The van der Waals surface area contributed by atoms with E-state index >= 15 is 0 Å². The van der Waals surface area contributed by atoms with Gasteiger partial charge in [0.25, 0.3) is 0 Å². The molecule has 0 bridgehead atoms. The van der Waals surface area contributed by atoms with Crippen molar-refractivity contribution in [3.8, 4) is 5.69 Å². The van der Waals surface area contributed by atoms with E-state index in [9.17, 15) is 0 Å². The van der Waals surface area contributed by atoms with Gasteiger partial charge in [-0.15, -0.1) is 0 Å². The first-order chi connectivity index (χ1) is 16.3. The molecule has 3 heterocycles. The van der Waals surface area contributed by atoms with Crippen LogP contribution in [0, 0.1) is 13.8 Å². The number of anilines is 1. The molecule has 1 aliphatic rings. The summed E-state index contributed by atoms with van der Waals surface area (Å²) in [4.78, 5) is 6.78. The molecule has 1 N–H and O–H groups in total. The highest BCUT2D eigenvalue weighted by atomic mass is 35.5.